The molecule has 3 rings (SSSR count). The molecule has 2 aromatic rings. The number of hydrogen-bond donors (Lipinski definition) is 2. The molecule has 0 saturated carbocycles. The Kier molecular flexibility index (Phi) is 5.36. The Morgan fingerprint density at radius 2 is 1.88 bits per heavy atom. The first kappa shape index (κ1) is 17.7. The van der Waals surface area contributed by atoms with Gasteiger partial charge in [0.25, 0.3) is 0 Å². The first-order chi connectivity index (χ1) is 12.5. The van der Waals surface area contributed by atoms with Crippen LogP contribution in [0.5, 0.6) is 11.5 Å². The maximum absolute atomic E-state index is 14.0. The molecule has 0 spiro atoms. The zero-order valence-corrected chi connectivity index (χ0v) is 13.9. The molecule has 0 radical (unpaired) electrons. The molecular formula is C19H18FNO5. The Bertz CT molecular complexity index is 823. The summed E-state index contributed by atoms with van der Waals surface area (Å²) in [5.74, 6) is -1.40. The van der Waals surface area contributed by atoms with Gasteiger partial charge in [-0.3, -0.25) is 9.59 Å². The fourth-order valence-corrected chi connectivity index (χ4v) is 2.86. The minimum atomic E-state index is -1.08. The fraction of sp³-hybridized carbons (Fsp3) is 0.263. The van der Waals surface area contributed by atoms with Crippen molar-refractivity contribution >= 4 is 11.9 Å². The van der Waals surface area contributed by atoms with Crippen LogP contribution < -0.4 is 14.8 Å². The third-order valence-corrected chi connectivity index (χ3v) is 4.12. The van der Waals surface area contributed by atoms with E-state index in [4.69, 9.17) is 14.6 Å². The molecule has 0 saturated heterocycles. The number of benzene rings is 2. The van der Waals surface area contributed by atoms with Crippen LogP contribution in [0.1, 0.15) is 29.9 Å². The predicted molar refractivity (Wildman–Crippen MR) is 90.4 cm³/mol. The number of halogens is 1. The smallest absolute Gasteiger partial charge is 0.303 e. The molecule has 0 fully saturated rings. The van der Waals surface area contributed by atoms with E-state index in [0.29, 0.717) is 11.5 Å². The van der Waals surface area contributed by atoms with Gasteiger partial charge in [0, 0.05) is 18.9 Å². The summed E-state index contributed by atoms with van der Waals surface area (Å²) in [5, 5.41) is 11.8. The summed E-state index contributed by atoms with van der Waals surface area (Å²) in [7, 11) is 0. The van der Waals surface area contributed by atoms with E-state index < -0.39 is 17.7 Å². The molecule has 0 aromatic heterocycles. The molecule has 1 amide bonds. The van der Waals surface area contributed by atoms with Gasteiger partial charge in [0.1, 0.15) is 5.82 Å². The van der Waals surface area contributed by atoms with E-state index in [0.717, 1.165) is 5.56 Å². The lowest BCUT2D eigenvalue weighted by Crippen LogP contribution is -2.25. The largest absolute Gasteiger partial charge is 0.481 e. The molecular weight excluding hydrogens is 341 g/mol. The van der Waals surface area contributed by atoms with Gasteiger partial charge in [-0.15, -0.1) is 0 Å². The standard InChI is InChI=1S/C19H18FNO5/c20-15-4-2-1-3-14(15)13(9-19(23)24)8-18(22)21-10-12-5-6-16-17(7-12)26-11-25-16/h1-7,13H,8-11H2,(H,21,22)(H,23,24). The van der Waals surface area contributed by atoms with E-state index in [1.165, 1.54) is 18.2 Å². The van der Waals surface area contributed by atoms with Gasteiger partial charge in [-0.25, -0.2) is 4.39 Å². The highest BCUT2D eigenvalue weighted by Gasteiger charge is 2.22. The van der Waals surface area contributed by atoms with Gasteiger partial charge in [0.2, 0.25) is 12.7 Å². The maximum atomic E-state index is 14.0. The lowest BCUT2D eigenvalue weighted by molar-refractivity contribution is -0.137. The van der Waals surface area contributed by atoms with Crippen molar-refractivity contribution in [2.45, 2.75) is 25.3 Å². The zero-order valence-electron chi connectivity index (χ0n) is 13.9. The van der Waals surface area contributed by atoms with E-state index in [2.05, 4.69) is 5.32 Å². The number of carbonyl (C=O) groups excluding carboxylic acids is 1. The summed E-state index contributed by atoms with van der Waals surface area (Å²) < 4.78 is 24.5. The fourth-order valence-electron chi connectivity index (χ4n) is 2.86. The number of hydrogen-bond acceptors (Lipinski definition) is 4. The number of carboxylic acids is 1. The molecule has 1 aliphatic rings. The Balaban J connectivity index is 1.62. The van der Waals surface area contributed by atoms with Crippen LogP contribution in [-0.2, 0) is 16.1 Å². The minimum Gasteiger partial charge on any atom is -0.481 e. The SMILES string of the molecule is O=C(O)CC(CC(=O)NCc1ccc2c(c1)OCO2)c1ccccc1F. The van der Waals surface area contributed by atoms with Crippen molar-refractivity contribution in [1.29, 1.82) is 0 Å². The van der Waals surface area contributed by atoms with Crippen LogP contribution in [0, 0.1) is 5.82 Å². The summed E-state index contributed by atoms with van der Waals surface area (Å²) in [6.07, 6.45) is -0.434. The second kappa shape index (κ2) is 7.86. The van der Waals surface area contributed by atoms with Gasteiger partial charge in [0.05, 0.1) is 6.42 Å². The van der Waals surface area contributed by atoms with Crippen molar-refractivity contribution in [2.75, 3.05) is 6.79 Å². The number of aliphatic carboxylic acids is 1. The van der Waals surface area contributed by atoms with Crippen LogP contribution in [-0.4, -0.2) is 23.8 Å². The highest BCUT2D eigenvalue weighted by atomic mass is 19.1. The summed E-state index contributed by atoms with van der Waals surface area (Å²) in [4.78, 5) is 23.3. The highest BCUT2D eigenvalue weighted by Crippen LogP contribution is 2.32. The average molecular weight is 359 g/mol. The third kappa shape index (κ3) is 4.30. The summed E-state index contributed by atoms with van der Waals surface area (Å²) in [5.41, 5.74) is 1.05. The lowest BCUT2D eigenvalue weighted by atomic mass is 9.91. The Hall–Kier alpha value is -3.09. The second-order valence-corrected chi connectivity index (χ2v) is 5.98. The summed E-state index contributed by atoms with van der Waals surface area (Å²) in [6.45, 7) is 0.428. The van der Waals surface area contributed by atoms with Gasteiger partial charge < -0.3 is 19.9 Å². The quantitative estimate of drug-likeness (QED) is 0.794. The maximum Gasteiger partial charge on any atom is 0.303 e. The summed E-state index contributed by atoms with van der Waals surface area (Å²) >= 11 is 0. The van der Waals surface area contributed by atoms with E-state index in [1.807, 2.05) is 0 Å². The van der Waals surface area contributed by atoms with Crippen LogP contribution >= 0.6 is 0 Å². The zero-order chi connectivity index (χ0) is 18.5. The Labute approximate surface area is 149 Å². The van der Waals surface area contributed by atoms with Gasteiger partial charge >= 0.3 is 5.97 Å². The van der Waals surface area contributed by atoms with E-state index in [1.54, 1.807) is 24.3 Å². The predicted octanol–water partition coefficient (Wildman–Crippen LogP) is 2.82. The van der Waals surface area contributed by atoms with Gasteiger partial charge in [-0.1, -0.05) is 24.3 Å². The van der Waals surface area contributed by atoms with Crippen molar-refractivity contribution in [2.24, 2.45) is 0 Å². The van der Waals surface area contributed by atoms with Gasteiger partial charge in [0.15, 0.2) is 11.5 Å². The first-order valence-corrected chi connectivity index (χ1v) is 8.14. The molecule has 2 N–H and O–H groups in total. The van der Waals surface area contributed by atoms with E-state index in [9.17, 15) is 14.0 Å². The molecule has 1 atom stereocenters. The van der Waals surface area contributed by atoms with Crippen molar-refractivity contribution in [1.82, 2.24) is 5.32 Å². The topological polar surface area (TPSA) is 84.9 Å². The number of fused-ring (bicyclic) bond motifs is 1. The summed E-state index contributed by atoms with van der Waals surface area (Å²) in [6, 6.07) is 11.3. The van der Waals surface area contributed by atoms with Crippen LogP contribution in [0.3, 0.4) is 0 Å². The minimum absolute atomic E-state index is 0.113. The highest BCUT2D eigenvalue weighted by molar-refractivity contribution is 5.78. The van der Waals surface area contributed by atoms with E-state index >= 15 is 0 Å². The van der Waals surface area contributed by atoms with Gasteiger partial charge in [-0.05, 0) is 29.3 Å². The number of amides is 1. The van der Waals surface area contributed by atoms with Gasteiger partial charge in [-0.2, -0.15) is 0 Å². The number of ether oxygens (including phenoxy) is 2. The number of rotatable bonds is 7. The average Bonchev–Trinajstić information content (AvgIpc) is 3.07. The molecule has 6 nitrogen and oxygen atoms in total. The first-order valence-electron chi connectivity index (χ1n) is 8.14. The lowest BCUT2D eigenvalue weighted by Gasteiger charge is -2.16. The molecule has 1 aliphatic heterocycles. The monoisotopic (exact) mass is 359 g/mol. The van der Waals surface area contributed by atoms with E-state index in [-0.39, 0.29) is 37.6 Å². The van der Waals surface area contributed by atoms with Crippen LogP contribution in [0.25, 0.3) is 0 Å². The molecule has 2 aromatic carbocycles. The molecule has 0 aliphatic carbocycles. The van der Waals surface area contributed by atoms with Crippen molar-refractivity contribution in [3.05, 3.63) is 59.4 Å². The molecule has 0 bridgehead atoms. The number of carboxylic acid groups (broad SMARTS) is 1. The second-order valence-electron chi connectivity index (χ2n) is 5.98. The Morgan fingerprint density at radius 1 is 1.12 bits per heavy atom. The normalized spacial score (nSPS) is 13.3. The molecule has 26 heavy (non-hydrogen) atoms. The van der Waals surface area contributed by atoms with Crippen molar-refractivity contribution in [3.63, 3.8) is 0 Å². The molecule has 1 unspecified atom stereocenters. The van der Waals surface area contributed by atoms with Crippen LogP contribution in [0.15, 0.2) is 42.5 Å². The van der Waals surface area contributed by atoms with Crippen molar-refractivity contribution < 1.29 is 28.6 Å². The number of carbonyl (C=O) groups is 2. The van der Waals surface area contributed by atoms with Crippen LogP contribution in [0.4, 0.5) is 4.39 Å². The van der Waals surface area contributed by atoms with Crippen LogP contribution in [0.2, 0.25) is 0 Å². The molecule has 1 heterocycles. The Morgan fingerprint density at radius 3 is 2.65 bits per heavy atom. The molecule has 136 valence electrons. The third-order valence-electron chi connectivity index (χ3n) is 4.12. The molecule has 7 heteroatoms. The van der Waals surface area contributed by atoms with Crippen molar-refractivity contribution in [3.8, 4) is 11.5 Å². The number of nitrogens with one attached hydrogen (secondary N) is 1.